The quantitative estimate of drug-likeness (QED) is 0.688. The summed E-state index contributed by atoms with van der Waals surface area (Å²) >= 11 is 0. The SMILES string of the molecule is C[C@@H]1CN(C(=O)CN(C)C(=O)OCc2ccccc2)[C@H]2c3c(O)[nH]c(O)c3O[C@@]2(C)C1. The average molecular weight is 429 g/mol. The zero-order valence-corrected chi connectivity index (χ0v) is 17.8. The molecule has 4 rings (SSSR count). The van der Waals surface area contributed by atoms with E-state index in [0.717, 1.165) is 5.56 Å². The third-order valence-electron chi connectivity index (χ3n) is 5.92. The van der Waals surface area contributed by atoms with Crippen LogP contribution < -0.4 is 4.74 Å². The summed E-state index contributed by atoms with van der Waals surface area (Å²) in [6, 6.07) is 8.73. The Morgan fingerprint density at radius 1 is 1.29 bits per heavy atom. The van der Waals surface area contributed by atoms with E-state index in [2.05, 4.69) is 4.98 Å². The number of amides is 2. The molecule has 0 saturated carbocycles. The molecule has 3 N–H and O–H groups in total. The zero-order valence-electron chi connectivity index (χ0n) is 17.8. The molecule has 1 fully saturated rings. The topological polar surface area (TPSA) is 115 Å². The summed E-state index contributed by atoms with van der Waals surface area (Å²) < 4.78 is 11.3. The van der Waals surface area contributed by atoms with Crippen molar-refractivity contribution >= 4 is 12.0 Å². The van der Waals surface area contributed by atoms with Gasteiger partial charge in [-0.25, -0.2) is 4.79 Å². The number of carbonyl (C=O) groups excluding carboxylic acids is 2. The van der Waals surface area contributed by atoms with E-state index in [1.165, 1.54) is 11.9 Å². The Bertz CT molecular complexity index is 991. The number of H-pyrrole nitrogens is 1. The largest absolute Gasteiger partial charge is 0.494 e. The minimum Gasteiger partial charge on any atom is -0.494 e. The number of rotatable bonds is 4. The number of nitrogens with one attached hydrogen (secondary N) is 1. The van der Waals surface area contributed by atoms with E-state index in [4.69, 9.17) is 9.47 Å². The number of ether oxygens (including phenoxy) is 2. The molecule has 1 saturated heterocycles. The third kappa shape index (κ3) is 3.75. The molecule has 0 aliphatic carbocycles. The van der Waals surface area contributed by atoms with Crippen LogP contribution in [-0.2, 0) is 16.1 Å². The Morgan fingerprint density at radius 2 is 2.00 bits per heavy atom. The smallest absolute Gasteiger partial charge is 0.410 e. The minimum absolute atomic E-state index is 0.118. The van der Waals surface area contributed by atoms with Gasteiger partial charge in [0.1, 0.15) is 24.8 Å². The van der Waals surface area contributed by atoms with Crippen LogP contribution in [0, 0.1) is 5.92 Å². The van der Waals surface area contributed by atoms with E-state index in [0.29, 0.717) is 18.5 Å². The van der Waals surface area contributed by atoms with Crippen molar-refractivity contribution in [2.24, 2.45) is 5.92 Å². The van der Waals surface area contributed by atoms with Crippen LogP contribution in [0.2, 0.25) is 0 Å². The monoisotopic (exact) mass is 429 g/mol. The lowest BCUT2D eigenvalue weighted by molar-refractivity contribution is -0.144. The maximum atomic E-state index is 13.2. The first kappa shape index (κ1) is 20.9. The maximum absolute atomic E-state index is 13.2. The molecule has 0 unspecified atom stereocenters. The van der Waals surface area contributed by atoms with Gasteiger partial charge >= 0.3 is 6.09 Å². The first-order valence-electron chi connectivity index (χ1n) is 10.2. The highest BCUT2D eigenvalue weighted by Crippen LogP contribution is 2.57. The molecule has 2 aromatic rings. The van der Waals surface area contributed by atoms with Gasteiger partial charge in [0.05, 0.1) is 5.56 Å². The van der Waals surface area contributed by atoms with Crippen molar-refractivity contribution < 1.29 is 29.3 Å². The molecule has 166 valence electrons. The summed E-state index contributed by atoms with van der Waals surface area (Å²) in [5.74, 6) is -0.460. The molecule has 1 aromatic heterocycles. The number of fused-ring (bicyclic) bond motifs is 3. The molecular weight excluding hydrogens is 402 g/mol. The highest BCUT2D eigenvalue weighted by atomic mass is 16.6. The van der Waals surface area contributed by atoms with Crippen LogP contribution in [0.15, 0.2) is 30.3 Å². The van der Waals surface area contributed by atoms with Crippen LogP contribution in [0.3, 0.4) is 0 Å². The first-order valence-corrected chi connectivity index (χ1v) is 10.2. The van der Waals surface area contributed by atoms with Crippen molar-refractivity contribution in [1.29, 1.82) is 0 Å². The van der Waals surface area contributed by atoms with Gasteiger partial charge in [-0.1, -0.05) is 37.3 Å². The van der Waals surface area contributed by atoms with Crippen molar-refractivity contribution in [2.75, 3.05) is 20.1 Å². The molecule has 9 heteroatoms. The predicted octanol–water partition coefficient (Wildman–Crippen LogP) is 2.76. The predicted molar refractivity (Wildman–Crippen MR) is 111 cm³/mol. The fourth-order valence-electron chi connectivity index (χ4n) is 4.69. The van der Waals surface area contributed by atoms with Gasteiger partial charge < -0.3 is 29.5 Å². The highest BCUT2D eigenvalue weighted by molar-refractivity contribution is 5.83. The summed E-state index contributed by atoms with van der Waals surface area (Å²) in [5.41, 5.74) is 0.443. The fraction of sp³-hybridized carbons (Fsp3) is 0.455. The summed E-state index contributed by atoms with van der Waals surface area (Å²) in [6.45, 7) is 4.26. The van der Waals surface area contributed by atoms with E-state index >= 15 is 0 Å². The van der Waals surface area contributed by atoms with E-state index in [-0.39, 0.29) is 42.5 Å². The Kier molecular flexibility index (Phi) is 5.20. The number of nitrogens with zero attached hydrogens (tertiary/aromatic N) is 2. The van der Waals surface area contributed by atoms with Crippen LogP contribution in [0.1, 0.15) is 37.4 Å². The van der Waals surface area contributed by atoms with Gasteiger partial charge in [0, 0.05) is 13.6 Å². The minimum atomic E-state index is -0.783. The first-order chi connectivity index (χ1) is 14.7. The lowest BCUT2D eigenvalue weighted by Gasteiger charge is -2.46. The molecular formula is C22H27N3O6. The lowest BCUT2D eigenvalue weighted by Crippen LogP contribution is -2.55. The molecule has 1 aromatic carbocycles. The molecule has 9 nitrogen and oxygen atoms in total. The number of hydrogen-bond donors (Lipinski definition) is 3. The molecule has 0 bridgehead atoms. The molecule has 0 spiro atoms. The van der Waals surface area contributed by atoms with Crippen molar-refractivity contribution in [1.82, 2.24) is 14.8 Å². The summed E-state index contributed by atoms with van der Waals surface area (Å²) in [7, 11) is 1.51. The summed E-state index contributed by atoms with van der Waals surface area (Å²) in [4.78, 5) is 30.9. The molecule has 2 aliphatic heterocycles. The third-order valence-corrected chi connectivity index (χ3v) is 5.92. The molecule has 0 radical (unpaired) electrons. The standard InChI is InChI=1S/C22H27N3O6/c1-13-9-22(2)18(16-17(31-22)20(28)23-19(16)27)25(10-13)15(26)11-24(3)21(29)30-12-14-7-5-4-6-8-14/h4-8,13,18,23,27-28H,9-12H2,1-3H3/t13-,18-,22-/m0/s1. The number of likely N-dealkylation sites (tertiary alicyclic amines) is 1. The van der Waals surface area contributed by atoms with Crippen LogP contribution in [0.25, 0.3) is 0 Å². The van der Waals surface area contributed by atoms with Gasteiger partial charge in [-0.3, -0.25) is 9.78 Å². The van der Waals surface area contributed by atoms with Gasteiger partial charge in [-0.2, -0.15) is 0 Å². The Hall–Kier alpha value is -3.36. The van der Waals surface area contributed by atoms with Gasteiger partial charge in [0.15, 0.2) is 5.75 Å². The number of aromatic hydroxyl groups is 2. The number of aromatic nitrogens is 1. The maximum Gasteiger partial charge on any atom is 0.410 e. The average Bonchev–Trinajstić information content (AvgIpc) is 3.18. The molecule has 2 aliphatic rings. The summed E-state index contributed by atoms with van der Waals surface area (Å²) in [6.07, 6.45) is 0.0553. The van der Waals surface area contributed by atoms with E-state index < -0.39 is 17.7 Å². The second-order valence-electron chi connectivity index (χ2n) is 8.63. The Labute approximate surface area is 180 Å². The normalized spacial score (nSPS) is 24.2. The fourth-order valence-corrected chi connectivity index (χ4v) is 4.69. The van der Waals surface area contributed by atoms with Gasteiger partial charge in [0.25, 0.3) is 0 Å². The number of benzene rings is 1. The molecule has 31 heavy (non-hydrogen) atoms. The van der Waals surface area contributed by atoms with Crippen LogP contribution in [0.5, 0.6) is 17.5 Å². The van der Waals surface area contributed by atoms with Crippen LogP contribution >= 0.6 is 0 Å². The van der Waals surface area contributed by atoms with Gasteiger partial charge in [0.2, 0.25) is 17.7 Å². The second kappa shape index (κ2) is 7.72. The second-order valence-corrected chi connectivity index (χ2v) is 8.63. The van der Waals surface area contributed by atoms with Crippen molar-refractivity contribution in [3.63, 3.8) is 0 Å². The van der Waals surface area contributed by atoms with E-state index in [9.17, 15) is 19.8 Å². The number of likely N-dealkylation sites (N-methyl/N-ethyl adjacent to an activating group) is 1. The number of carbonyl (C=O) groups is 2. The molecule has 3 atom stereocenters. The zero-order chi connectivity index (χ0) is 22.3. The van der Waals surface area contributed by atoms with Crippen molar-refractivity contribution in [3.8, 4) is 17.5 Å². The molecule has 2 amide bonds. The summed E-state index contributed by atoms with van der Waals surface area (Å²) in [5, 5.41) is 20.4. The lowest BCUT2D eigenvalue weighted by atomic mass is 9.80. The number of hydrogen-bond acceptors (Lipinski definition) is 6. The van der Waals surface area contributed by atoms with Gasteiger partial charge in [-0.05, 0) is 24.8 Å². The van der Waals surface area contributed by atoms with E-state index in [1.54, 1.807) is 4.90 Å². The van der Waals surface area contributed by atoms with Gasteiger partial charge in [-0.15, -0.1) is 0 Å². The number of aromatic amines is 1. The van der Waals surface area contributed by atoms with Crippen molar-refractivity contribution in [3.05, 3.63) is 41.5 Å². The van der Waals surface area contributed by atoms with Crippen LogP contribution in [-0.4, -0.2) is 62.7 Å². The number of piperidine rings is 1. The molecule has 3 heterocycles. The van der Waals surface area contributed by atoms with E-state index in [1.807, 2.05) is 44.2 Å². The van der Waals surface area contributed by atoms with Crippen molar-refractivity contribution in [2.45, 2.75) is 38.5 Å². The van der Waals surface area contributed by atoms with Crippen LogP contribution in [0.4, 0.5) is 4.79 Å². The Balaban J connectivity index is 1.47. The Morgan fingerprint density at radius 3 is 2.71 bits per heavy atom. The highest BCUT2D eigenvalue weighted by Gasteiger charge is 2.56.